The van der Waals surface area contributed by atoms with Gasteiger partial charge in [0.25, 0.3) is 5.97 Å². The number of ether oxygens (including phenoxy) is 3. The van der Waals surface area contributed by atoms with Crippen LogP contribution in [0.25, 0.3) is 0 Å². The van der Waals surface area contributed by atoms with E-state index in [2.05, 4.69) is 58.9 Å². The van der Waals surface area contributed by atoms with E-state index in [1.54, 1.807) is 0 Å². The predicted octanol–water partition coefficient (Wildman–Crippen LogP) is 9.58. The summed E-state index contributed by atoms with van der Waals surface area (Å²) in [4.78, 5) is 0. The third-order valence-corrected chi connectivity index (χ3v) is 6.60. The first-order valence-corrected chi connectivity index (χ1v) is 14.7. The minimum atomic E-state index is -0.991. The monoisotopic (exact) mass is 476 g/mol. The summed E-state index contributed by atoms with van der Waals surface area (Å²) in [5.41, 5.74) is 2.69. The van der Waals surface area contributed by atoms with Crippen molar-refractivity contribution >= 4 is 0 Å². The van der Waals surface area contributed by atoms with Crippen LogP contribution in [0.15, 0.2) is 24.3 Å². The van der Waals surface area contributed by atoms with Crippen molar-refractivity contribution in [3.05, 3.63) is 35.4 Å². The van der Waals surface area contributed by atoms with E-state index in [1.165, 1.54) is 56.1 Å². The standard InChI is InChI=1S/C31H56O3/c1-6-11-15-16-17-18-20-30(29-23-21-28(19-10-5)22-24-29)31(32-25-12-7-2,33-26-13-8-3)34-27-14-9-4/h21-24,30H,6-20,25-27H2,1-5H3. The van der Waals surface area contributed by atoms with E-state index < -0.39 is 5.97 Å². The quantitative estimate of drug-likeness (QED) is 0.116. The molecule has 0 amide bonds. The molecule has 198 valence electrons. The second kappa shape index (κ2) is 20.3. The van der Waals surface area contributed by atoms with Crippen LogP contribution < -0.4 is 0 Å². The highest BCUT2D eigenvalue weighted by molar-refractivity contribution is 5.27. The molecule has 1 unspecified atom stereocenters. The smallest absolute Gasteiger partial charge is 0.290 e. The molecule has 1 atom stereocenters. The molecule has 0 bridgehead atoms. The van der Waals surface area contributed by atoms with Gasteiger partial charge in [-0.1, -0.05) is 123 Å². The first-order chi connectivity index (χ1) is 16.7. The first kappa shape index (κ1) is 31.1. The van der Waals surface area contributed by atoms with Crippen molar-refractivity contribution in [2.45, 2.75) is 143 Å². The number of hydrogen-bond donors (Lipinski definition) is 0. The molecule has 0 aliphatic carbocycles. The lowest BCUT2D eigenvalue weighted by molar-refractivity contribution is -0.393. The average Bonchev–Trinajstić information content (AvgIpc) is 2.85. The van der Waals surface area contributed by atoms with Crippen LogP contribution in [0, 0.1) is 0 Å². The highest BCUT2D eigenvalue weighted by Gasteiger charge is 2.43. The second-order valence-corrected chi connectivity index (χ2v) is 9.81. The third kappa shape index (κ3) is 12.2. The Morgan fingerprint density at radius 2 is 1.03 bits per heavy atom. The van der Waals surface area contributed by atoms with Gasteiger partial charge in [-0.3, -0.25) is 0 Å². The molecule has 1 rings (SSSR count). The van der Waals surface area contributed by atoms with Crippen molar-refractivity contribution in [1.29, 1.82) is 0 Å². The Morgan fingerprint density at radius 1 is 0.559 bits per heavy atom. The van der Waals surface area contributed by atoms with Gasteiger partial charge in [0.05, 0.1) is 25.7 Å². The van der Waals surface area contributed by atoms with Crippen molar-refractivity contribution in [3.63, 3.8) is 0 Å². The van der Waals surface area contributed by atoms with E-state index in [9.17, 15) is 0 Å². The lowest BCUT2D eigenvalue weighted by Gasteiger charge is -2.40. The predicted molar refractivity (Wildman–Crippen MR) is 146 cm³/mol. The Balaban J connectivity index is 3.21. The molecule has 0 N–H and O–H groups in total. The molecule has 3 heteroatoms. The van der Waals surface area contributed by atoms with Gasteiger partial charge >= 0.3 is 0 Å². The molecule has 0 aliphatic heterocycles. The fourth-order valence-corrected chi connectivity index (χ4v) is 4.38. The van der Waals surface area contributed by atoms with E-state index in [-0.39, 0.29) is 5.92 Å². The Hall–Kier alpha value is -0.900. The normalized spacial score (nSPS) is 12.9. The van der Waals surface area contributed by atoms with Crippen molar-refractivity contribution in [2.24, 2.45) is 0 Å². The maximum atomic E-state index is 6.61. The molecule has 1 aromatic rings. The number of unbranched alkanes of at least 4 members (excludes halogenated alkanes) is 8. The van der Waals surface area contributed by atoms with Crippen LogP contribution in [0.2, 0.25) is 0 Å². The molecule has 0 spiro atoms. The summed E-state index contributed by atoms with van der Waals surface area (Å²) in [6.45, 7) is 13.2. The van der Waals surface area contributed by atoms with E-state index in [4.69, 9.17) is 14.2 Å². The van der Waals surface area contributed by atoms with Crippen LogP contribution in [0.5, 0.6) is 0 Å². The Morgan fingerprint density at radius 3 is 1.50 bits per heavy atom. The van der Waals surface area contributed by atoms with Crippen LogP contribution in [-0.4, -0.2) is 25.8 Å². The molecule has 3 nitrogen and oxygen atoms in total. The average molecular weight is 477 g/mol. The molecule has 0 fully saturated rings. The molecule has 0 saturated carbocycles. The largest absolute Gasteiger partial charge is 0.327 e. The zero-order valence-electron chi connectivity index (χ0n) is 23.3. The molecule has 0 saturated heterocycles. The molecular formula is C31H56O3. The molecule has 1 aromatic carbocycles. The van der Waals surface area contributed by atoms with Gasteiger partial charge in [-0.15, -0.1) is 0 Å². The van der Waals surface area contributed by atoms with Crippen molar-refractivity contribution in [1.82, 2.24) is 0 Å². The highest BCUT2D eigenvalue weighted by Crippen LogP contribution is 2.39. The van der Waals surface area contributed by atoms with Gasteiger partial charge in [0, 0.05) is 0 Å². The van der Waals surface area contributed by atoms with Crippen LogP contribution >= 0.6 is 0 Å². The van der Waals surface area contributed by atoms with Crippen LogP contribution in [0.3, 0.4) is 0 Å². The Kier molecular flexibility index (Phi) is 18.6. The van der Waals surface area contributed by atoms with E-state index in [1.807, 2.05) is 0 Å². The molecule has 0 aromatic heterocycles. The zero-order chi connectivity index (χ0) is 24.9. The van der Waals surface area contributed by atoms with Gasteiger partial charge < -0.3 is 14.2 Å². The van der Waals surface area contributed by atoms with Crippen LogP contribution in [-0.2, 0) is 20.6 Å². The summed E-state index contributed by atoms with van der Waals surface area (Å²) in [5, 5.41) is 0. The van der Waals surface area contributed by atoms with Crippen molar-refractivity contribution < 1.29 is 14.2 Å². The van der Waals surface area contributed by atoms with Gasteiger partial charge in [-0.25, -0.2) is 0 Å². The molecule has 34 heavy (non-hydrogen) atoms. The molecule has 0 aliphatic rings. The topological polar surface area (TPSA) is 27.7 Å². The fraction of sp³-hybridized carbons (Fsp3) is 0.806. The summed E-state index contributed by atoms with van der Waals surface area (Å²) in [6, 6.07) is 9.19. The van der Waals surface area contributed by atoms with Gasteiger partial charge in [0.15, 0.2) is 0 Å². The maximum absolute atomic E-state index is 6.61. The number of hydrogen-bond acceptors (Lipinski definition) is 3. The number of aryl methyl sites for hydroxylation is 1. The van der Waals surface area contributed by atoms with Gasteiger partial charge in [-0.2, -0.15) is 0 Å². The first-order valence-electron chi connectivity index (χ1n) is 14.7. The minimum Gasteiger partial charge on any atom is -0.327 e. The Bertz CT molecular complexity index is 542. The van der Waals surface area contributed by atoms with E-state index in [0.29, 0.717) is 19.8 Å². The van der Waals surface area contributed by atoms with E-state index in [0.717, 1.165) is 51.4 Å². The van der Waals surface area contributed by atoms with Crippen LogP contribution in [0.4, 0.5) is 0 Å². The third-order valence-electron chi connectivity index (χ3n) is 6.60. The zero-order valence-corrected chi connectivity index (χ0v) is 23.3. The molecular weight excluding hydrogens is 420 g/mol. The summed E-state index contributed by atoms with van der Waals surface area (Å²) in [6.07, 6.45) is 17.4. The summed E-state index contributed by atoms with van der Waals surface area (Å²) in [7, 11) is 0. The van der Waals surface area contributed by atoms with Crippen molar-refractivity contribution in [3.8, 4) is 0 Å². The second-order valence-electron chi connectivity index (χ2n) is 9.81. The SMILES string of the molecule is CCCCCCCCC(c1ccc(CCC)cc1)C(OCCCC)(OCCCC)OCCCC. The summed E-state index contributed by atoms with van der Waals surface area (Å²) in [5.74, 6) is -0.908. The van der Waals surface area contributed by atoms with Gasteiger partial charge in [0.2, 0.25) is 0 Å². The van der Waals surface area contributed by atoms with Crippen LogP contribution in [0.1, 0.15) is 142 Å². The summed E-state index contributed by atoms with van der Waals surface area (Å²) >= 11 is 0. The summed E-state index contributed by atoms with van der Waals surface area (Å²) < 4.78 is 19.8. The highest BCUT2D eigenvalue weighted by atomic mass is 16.9. The fourth-order valence-electron chi connectivity index (χ4n) is 4.38. The lowest BCUT2D eigenvalue weighted by atomic mass is 9.89. The number of benzene rings is 1. The Labute approximate surface area is 212 Å². The maximum Gasteiger partial charge on any atom is 0.290 e. The van der Waals surface area contributed by atoms with Gasteiger partial charge in [0.1, 0.15) is 0 Å². The molecule has 0 heterocycles. The van der Waals surface area contributed by atoms with Gasteiger partial charge in [-0.05, 0) is 43.2 Å². The number of rotatable bonds is 23. The van der Waals surface area contributed by atoms with E-state index >= 15 is 0 Å². The van der Waals surface area contributed by atoms with Crippen molar-refractivity contribution in [2.75, 3.05) is 19.8 Å². The minimum absolute atomic E-state index is 0.0833. The molecule has 0 radical (unpaired) electrons. The lowest BCUT2D eigenvalue weighted by Crippen LogP contribution is -2.46.